The van der Waals surface area contributed by atoms with Gasteiger partial charge in [0.1, 0.15) is 5.75 Å². The number of rotatable bonds is 6. The smallest absolute Gasteiger partial charge is 0.243 e. The molecule has 0 N–H and O–H groups in total. The van der Waals surface area contributed by atoms with E-state index in [1.165, 1.54) is 0 Å². The van der Waals surface area contributed by atoms with Crippen molar-refractivity contribution < 1.29 is 13.2 Å². The molecule has 9 nitrogen and oxygen atoms in total. The lowest BCUT2D eigenvalue weighted by molar-refractivity contribution is 0.180. The van der Waals surface area contributed by atoms with Crippen LogP contribution in [-0.4, -0.2) is 99.0 Å². The summed E-state index contributed by atoms with van der Waals surface area (Å²) in [6.45, 7) is 6.85. The number of hydrogen-bond acceptors (Lipinski definition) is 8. The van der Waals surface area contributed by atoms with Crippen LogP contribution in [0.25, 0.3) is 0 Å². The Morgan fingerprint density at radius 2 is 1.61 bits per heavy atom. The van der Waals surface area contributed by atoms with E-state index in [9.17, 15) is 8.42 Å². The van der Waals surface area contributed by atoms with Gasteiger partial charge in [-0.2, -0.15) is 4.31 Å². The first-order valence-corrected chi connectivity index (χ1v) is 12.0. The van der Waals surface area contributed by atoms with Gasteiger partial charge in [0.25, 0.3) is 0 Å². The van der Waals surface area contributed by atoms with E-state index in [1.807, 2.05) is 12.3 Å². The van der Waals surface area contributed by atoms with Gasteiger partial charge in [-0.15, -0.1) is 0 Å². The lowest BCUT2D eigenvalue weighted by Gasteiger charge is -2.34. The van der Waals surface area contributed by atoms with Gasteiger partial charge in [-0.25, -0.2) is 18.4 Å². The van der Waals surface area contributed by atoms with Gasteiger partial charge >= 0.3 is 0 Å². The number of piperazine rings is 2. The van der Waals surface area contributed by atoms with E-state index in [0.717, 1.165) is 37.8 Å². The second kappa shape index (κ2) is 9.47. The second-order valence-electron chi connectivity index (χ2n) is 7.99. The van der Waals surface area contributed by atoms with Gasteiger partial charge in [0.2, 0.25) is 16.0 Å². The molecular formula is C21H30N6O3S. The summed E-state index contributed by atoms with van der Waals surface area (Å²) in [6, 6.07) is 8.50. The lowest BCUT2D eigenvalue weighted by atomic mass is 10.3. The third-order valence-corrected chi connectivity index (χ3v) is 7.81. The number of hydrogen-bond donors (Lipinski definition) is 0. The predicted octanol–water partition coefficient (Wildman–Crippen LogP) is 0.744. The first-order valence-electron chi connectivity index (χ1n) is 10.6. The highest BCUT2D eigenvalue weighted by Gasteiger charge is 2.28. The third-order valence-electron chi connectivity index (χ3n) is 5.90. The summed E-state index contributed by atoms with van der Waals surface area (Å²) in [5.41, 5.74) is 0.968. The van der Waals surface area contributed by atoms with Gasteiger partial charge in [-0.05, 0) is 37.4 Å². The fraction of sp³-hybridized carbons (Fsp3) is 0.524. The van der Waals surface area contributed by atoms with Crippen molar-refractivity contribution >= 4 is 16.0 Å². The summed E-state index contributed by atoms with van der Waals surface area (Å²) < 4.78 is 32.5. The van der Waals surface area contributed by atoms with Crippen molar-refractivity contribution in [2.75, 3.05) is 71.4 Å². The number of nitrogens with zero attached hydrogens (tertiary/aromatic N) is 6. The van der Waals surface area contributed by atoms with Crippen LogP contribution in [0.3, 0.4) is 0 Å². The molecule has 31 heavy (non-hydrogen) atoms. The zero-order chi connectivity index (χ0) is 21.8. The van der Waals surface area contributed by atoms with E-state index in [0.29, 0.717) is 43.4 Å². The molecule has 0 atom stereocenters. The molecule has 0 spiro atoms. The standard InChI is InChI=1S/C21H30N6O3S/c1-24-9-13-26(14-10-24)21-22-8-7-18(23-21)17-25-11-15-27(16-12-25)31(28,29)20-5-3-19(30-2)4-6-20/h3-8H,9-17H2,1-2H3. The van der Waals surface area contributed by atoms with E-state index in [-0.39, 0.29) is 0 Å². The van der Waals surface area contributed by atoms with E-state index in [2.05, 4.69) is 26.7 Å². The third kappa shape index (κ3) is 5.15. The summed E-state index contributed by atoms with van der Waals surface area (Å²) in [4.78, 5) is 16.3. The molecule has 0 unspecified atom stereocenters. The van der Waals surface area contributed by atoms with Crippen molar-refractivity contribution in [3.05, 3.63) is 42.2 Å². The van der Waals surface area contributed by atoms with Crippen molar-refractivity contribution in [3.63, 3.8) is 0 Å². The van der Waals surface area contributed by atoms with Crippen LogP contribution in [0.2, 0.25) is 0 Å². The molecule has 2 saturated heterocycles. The van der Waals surface area contributed by atoms with E-state index >= 15 is 0 Å². The minimum atomic E-state index is -3.49. The van der Waals surface area contributed by atoms with Crippen LogP contribution in [0.15, 0.2) is 41.4 Å². The molecule has 0 radical (unpaired) electrons. The molecule has 2 aliphatic rings. The Balaban J connectivity index is 1.34. The topological polar surface area (TPSA) is 82.1 Å². The van der Waals surface area contributed by atoms with Crippen molar-refractivity contribution in [3.8, 4) is 5.75 Å². The van der Waals surface area contributed by atoms with Crippen LogP contribution in [0, 0.1) is 0 Å². The molecule has 10 heteroatoms. The number of anilines is 1. The van der Waals surface area contributed by atoms with Crippen LogP contribution in [0.1, 0.15) is 5.69 Å². The molecule has 1 aromatic carbocycles. The van der Waals surface area contributed by atoms with Crippen molar-refractivity contribution in [1.82, 2.24) is 24.1 Å². The molecule has 0 saturated carbocycles. The van der Waals surface area contributed by atoms with Crippen LogP contribution in [0.5, 0.6) is 5.75 Å². The number of likely N-dealkylation sites (N-methyl/N-ethyl adjacent to an activating group) is 1. The van der Waals surface area contributed by atoms with E-state index < -0.39 is 10.0 Å². The van der Waals surface area contributed by atoms with Crippen molar-refractivity contribution in [1.29, 1.82) is 0 Å². The first-order chi connectivity index (χ1) is 15.0. The highest BCUT2D eigenvalue weighted by Crippen LogP contribution is 2.21. The highest BCUT2D eigenvalue weighted by atomic mass is 32.2. The average molecular weight is 447 g/mol. The SMILES string of the molecule is COc1ccc(S(=O)(=O)N2CCN(Cc3ccnc(N4CCN(C)CC4)n3)CC2)cc1. The predicted molar refractivity (Wildman–Crippen MR) is 119 cm³/mol. The minimum Gasteiger partial charge on any atom is -0.497 e. The van der Waals surface area contributed by atoms with Gasteiger partial charge < -0.3 is 14.5 Å². The maximum atomic E-state index is 12.9. The van der Waals surface area contributed by atoms with Gasteiger partial charge in [0, 0.05) is 65.1 Å². The number of aromatic nitrogens is 2. The van der Waals surface area contributed by atoms with Crippen molar-refractivity contribution in [2.24, 2.45) is 0 Å². The molecule has 2 fully saturated rings. The molecule has 0 bridgehead atoms. The van der Waals surface area contributed by atoms with Crippen molar-refractivity contribution in [2.45, 2.75) is 11.4 Å². The second-order valence-corrected chi connectivity index (χ2v) is 9.93. The maximum absolute atomic E-state index is 12.9. The Bertz CT molecular complexity index is 969. The van der Waals surface area contributed by atoms with Crippen LogP contribution < -0.4 is 9.64 Å². The van der Waals surface area contributed by atoms with Gasteiger partial charge in [-0.1, -0.05) is 0 Å². The molecule has 168 valence electrons. The zero-order valence-electron chi connectivity index (χ0n) is 18.1. The van der Waals surface area contributed by atoms with Gasteiger partial charge in [-0.3, -0.25) is 4.90 Å². The van der Waals surface area contributed by atoms with E-state index in [1.54, 1.807) is 35.7 Å². The number of sulfonamides is 1. The summed E-state index contributed by atoms with van der Waals surface area (Å²) in [6.07, 6.45) is 1.82. The Labute approximate surface area is 184 Å². The molecule has 0 aliphatic carbocycles. The highest BCUT2D eigenvalue weighted by molar-refractivity contribution is 7.89. The van der Waals surface area contributed by atoms with Crippen LogP contribution in [0.4, 0.5) is 5.95 Å². The van der Waals surface area contributed by atoms with Gasteiger partial charge in [0.05, 0.1) is 17.7 Å². The van der Waals surface area contributed by atoms with E-state index in [4.69, 9.17) is 9.72 Å². The lowest BCUT2D eigenvalue weighted by Crippen LogP contribution is -2.48. The Morgan fingerprint density at radius 1 is 0.935 bits per heavy atom. The molecule has 2 aliphatic heterocycles. The Morgan fingerprint density at radius 3 is 2.26 bits per heavy atom. The first kappa shape index (κ1) is 21.9. The summed E-state index contributed by atoms with van der Waals surface area (Å²) >= 11 is 0. The molecule has 4 rings (SSSR count). The summed E-state index contributed by atoms with van der Waals surface area (Å²) in [5.74, 6) is 1.43. The fourth-order valence-corrected chi connectivity index (χ4v) is 5.31. The normalized spacial score (nSPS) is 19.5. The Hall–Kier alpha value is -2.27. The Kier molecular flexibility index (Phi) is 6.71. The quantitative estimate of drug-likeness (QED) is 0.643. The number of benzene rings is 1. The molecule has 3 heterocycles. The number of ether oxygens (including phenoxy) is 1. The molecular weight excluding hydrogens is 416 g/mol. The fourth-order valence-electron chi connectivity index (χ4n) is 3.89. The summed E-state index contributed by atoms with van der Waals surface area (Å²) in [7, 11) is 0.198. The monoisotopic (exact) mass is 446 g/mol. The van der Waals surface area contributed by atoms with Crippen LogP contribution >= 0.6 is 0 Å². The van der Waals surface area contributed by atoms with Crippen LogP contribution in [-0.2, 0) is 16.6 Å². The molecule has 1 aromatic heterocycles. The zero-order valence-corrected chi connectivity index (χ0v) is 19.0. The summed E-state index contributed by atoms with van der Waals surface area (Å²) in [5, 5.41) is 0. The largest absolute Gasteiger partial charge is 0.497 e. The molecule has 2 aromatic rings. The average Bonchev–Trinajstić information content (AvgIpc) is 2.80. The number of methoxy groups -OCH3 is 1. The van der Waals surface area contributed by atoms with Gasteiger partial charge in [0.15, 0.2) is 0 Å². The minimum absolute atomic E-state index is 0.300. The maximum Gasteiger partial charge on any atom is 0.243 e. The molecule has 0 amide bonds.